The Kier molecular flexibility index (Phi) is 7.31. The van der Waals surface area contributed by atoms with Crippen LogP contribution < -0.4 is 4.74 Å². The third-order valence-electron chi connectivity index (χ3n) is 4.42. The second kappa shape index (κ2) is 8.65. The summed E-state index contributed by atoms with van der Waals surface area (Å²) < 4.78 is 44.0. The Morgan fingerprint density at radius 3 is 1.96 bits per heavy atom. The molecule has 1 aromatic rings. The molecule has 0 amide bonds. The molecule has 0 saturated carbocycles. The topological polar surface area (TPSA) is 82.1 Å². The van der Waals surface area contributed by atoms with E-state index in [9.17, 15) is 18.4 Å². The number of carboxylic acids is 1. The molecule has 0 saturated heterocycles. The summed E-state index contributed by atoms with van der Waals surface area (Å²) in [6.07, 6.45) is -0.485. The first-order valence-electron chi connectivity index (χ1n) is 8.50. The maximum absolute atomic E-state index is 14.1. The van der Waals surface area contributed by atoms with Crippen molar-refractivity contribution in [2.45, 2.75) is 52.4 Å². The van der Waals surface area contributed by atoms with Gasteiger partial charge in [0.15, 0.2) is 5.60 Å². The van der Waals surface area contributed by atoms with E-state index in [-0.39, 0.29) is 11.5 Å². The van der Waals surface area contributed by atoms with Crippen molar-refractivity contribution in [3.8, 4) is 5.75 Å². The molecule has 2 atom stereocenters. The van der Waals surface area contributed by atoms with Gasteiger partial charge in [-0.2, -0.15) is 8.78 Å². The molecule has 1 aromatic carbocycles. The summed E-state index contributed by atoms with van der Waals surface area (Å²) in [6, 6.07) is 5.66. The molecular weight excluding hydrogens is 362 g/mol. The van der Waals surface area contributed by atoms with Gasteiger partial charge in [0.05, 0.1) is 5.56 Å². The van der Waals surface area contributed by atoms with Crippen LogP contribution in [0.25, 0.3) is 0 Å². The highest BCUT2D eigenvalue weighted by Crippen LogP contribution is 2.39. The molecule has 2 unspecified atom stereocenters. The van der Waals surface area contributed by atoms with Crippen LogP contribution in [0, 0.1) is 11.8 Å². The van der Waals surface area contributed by atoms with Gasteiger partial charge in [0.2, 0.25) is 6.29 Å². The SMILES string of the molecule is COC(Oc1ccc(C(=O)OC(C)(C(C)C)C(F)(F)C(=O)O)cc1)C(C)C. The number of aliphatic carboxylic acids is 1. The highest BCUT2D eigenvalue weighted by molar-refractivity contribution is 5.90. The summed E-state index contributed by atoms with van der Waals surface area (Å²) >= 11 is 0. The van der Waals surface area contributed by atoms with E-state index in [1.54, 1.807) is 0 Å². The minimum Gasteiger partial charge on any atom is -0.477 e. The molecule has 0 aromatic heterocycles. The van der Waals surface area contributed by atoms with Gasteiger partial charge in [0, 0.05) is 13.0 Å². The highest BCUT2D eigenvalue weighted by atomic mass is 19.3. The average Bonchev–Trinajstić information content (AvgIpc) is 2.59. The Morgan fingerprint density at radius 1 is 1.07 bits per heavy atom. The summed E-state index contributed by atoms with van der Waals surface area (Å²) in [5, 5.41) is 8.83. The Morgan fingerprint density at radius 2 is 1.59 bits per heavy atom. The molecule has 8 heteroatoms. The fourth-order valence-electron chi connectivity index (χ4n) is 2.27. The lowest BCUT2D eigenvalue weighted by Crippen LogP contribution is -2.57. The minimum atomic E-state index is -4.25. The minimum absolute atomic E-state index is 0.00562. The molecule has 0 fully saturated rings. The summed E-state index contributed by atoms with van der Waals surface area (Å²) in [5.41, 5.74) is -2.52. The number of ether oxygens (including phenoxy) is 3. The van der Waals surface area contributed by atoms with Gasteiger partial charge in [0.1, 0.15) is 5.75 Å². The van der Waals surface area contributed by atoms with E-state index >= 15 is 0 Å². The van der Waals surface area contributed by atoms with Crippen molar-refractivity contribution >= 4 is 11.9 Å². The van der Waals surface area contributed by atoms with Crippen LogP contribution in [0.5, 0.6) is 5.75 Å². The highest BCUT2D eigenvalue weighted by Gasteiger charge is 2.61. The Balaban J connectivity index is 3.00. The summed E-state index contributed by atoms with van der Waals surface area (Å²) in [5.74, 6) is -8.08. The Labute approximate surface area is 157 Å². The molecule has 0 aliphatic heterocycles. The van der Waals surface area contributed by atoms with E-state index in [2.05, 4.69) is 0 Å². The predicted octanol–water partition coefficient (Wildman–Crippen LogP) is 3.99. The van der Waals surface area contributed by atoms with Crippen LogP contribution in [0.3, 0.4) is 0 Å². The lowest BCUT2D eigenvalue weighted by atomic mass is 9.85. The maximum Gasteiger partial charge on any atom is 0.381 e. The van der Waals surface area contributed by atoms with Crippen molar-refractivity contribution < 1.29 is 37.7 Å². The zero-order valence-electron chi connectivity index (χ0n) is 16.3. The molecule has 0 aliphatic rings. The van der Waals surface area contributed by atoms with Gasteiger partial charge in [-0.25, -0.2) is 9.59 Å². The van der Waals surface area contributed by atoms with E-state index in [4.69, 9.17) is 19.3 Å². The van der Waals surface area contributed by atoms with Gasteiger partial charge in [-0.1, -0.05) is 27.7 Å². The van der Waals surface area contributed by atoms with Crippen LogP contribution in [0.15, 0.2) is 24.3 Å². The number of carboxylic acid groups (broad SMARTS) is 1. The van der Waals surface area contributed by atoms with Crippen molar-refractivity contribution in [1.82, 2.24) is 0 Å². The molecule has 6 nitrogen and oxygen atoms in total. The molecule has 0 heterocycles. The molecule has 0 aliphatic carbocycles. The number of alkyl halides is 2. The van der Waals surface area contributed by atoms with E-state index < -0.39 is 35.7 Å². The lowest BCUT2D eigenvalue weighted by Gasteiger charge is -2.37. The molecule has 27 heavy (non-hydrogen) atoms. The van der Waals surface area contributed by atoms with Gasteiger partial charge in [-0.15, -0.1) is 0 Å². The quantitative estimate of drug-likeness (QED) is 0.509. The van der Waals surface area contributed by atoms with Crippen LogP contribution in [0.1, 0.15) is 45.0 Å². The van der Waals surface area contributed by atoms with Crippen molar-refractivity contribution in [2.24, 2.45) is 11.8 Å². The second-order valence-corrected chi connectivity index (χ2v) is 7.02. The number of hydrogen-bond donors (Lipinski definition) is 1. The lowest BCUT2D eigenvalue weighted by molar-refractivity contribution is -0.214. The summed E-state index contributed by atoms with van der Waals surface area (Å²) in [6.45, 7) is 7.45. The van der Waals surface area contributed by atoms with Gasteiger partial charge in [0.25, 0.3) is 0 Å². The number of carbonyl (C=O) groups excluding carboxylic acids is 1. The smallest absolute Gasteiger partial charge is 0.381 e. The van der Waals surface area contributed by atoms with Crippen molar-refractivity contribution in [2.75, 3.05) is 7.11 Å². The first-order chi connectivity index (χ1) is 12.4. The number of halogens is 2. The first-order valence-corrected chi connectivity index (χ1v) is 8.50. The normalized spacial score (nSPS) is 15.3. The molecule has 1 N–H and O–H groups in total. The van der Waals surface area contributed by atoms with Crippen molar-refractivity contribution in [3.05, 3.63) is 29.8 Å². The van der Waals surface area contributed by atoms with Gasteiger partial charge in [-0.3, -0.25) is 0 Å². The van der Waals surface area contributed by atoms with Crippen LogP contribution in [-0.4, -0.2) is 42.0 Å². The molecule has 0 spiro atoms. The van der Waals surface area contributed by atoms with E-state index in [0.717, 1.165) is 6.92 Å². The van der Waals surface area contributed by atoms with Gasteiger partial charge >= 0.3 is 17.9 Å². The summed E-state index contributed by atoms with van der Waals surface area (Å²) in [4.78, 5) is 23.3. The molecule has 0 radical (unpaired) electrons. The standard InChI is InChI=1S/C19H26F2O6/c1-11(2)16(25-6)26-14-9-7-13(8-10-14)15(22)27-18(5,12(3)4)19(20,21)17(23)24/h7-12,16H,1-6H3,(H,23,24). The number of rotatable bonds is 9. The zero-order chi connectivity index (χ0) is 21.0. The number of esters is 1. The molecule has 1 rings (SSSR count). The molecular formula is C19H26F2O6. The van der Waals surface area contributed by atoms with E-state index in [1.807, 2.05) is 13.8 Å². The Bertz CT molecular complexity index is 657. The summed E-state index contributed by atoms with van der Waals surface area (Å²) in [7, 11) is 1.51. The predicted molar refractivity (Wildman–Crippen MR) is 93.9 cm³/mol. The van der Waals surface area contributed by atoms with Crippen LogP contribution in [0.2, 0.25) is 0 Å². The van der Waals surface area contributed by atoms with Crippen LogP contribution in [-0.2, 0) is 14.3 Å². The van der Waals surface area contributed by atoms with E-state index in [0.29, 0.717) is 5.75 Å². The monoisotopic (exact) mass is 388 g/mol. The van der Waals surface area contributed by atoms with Gasteiger partial charge < -0.3 is 19.3 Å². The number of benzene rings is 1. The number of carbonyl (C=O) groups is 2. The van der Waals surface area contributed by atoms with Crippen LogP contribution >= 0.6 is 0 Å². The number of hydrogen-bond acceptors (Lipinski definition) is 5. The largest absolute Gasteiger partial charge is 0.477 e. The van der Waals surface area contributed by atoms with Gasteiger partial charge in [-0.05, 0) is 37.1 Å². The zero-order valence-corrected chi connectivity index (χ0v) is 16.3. The van der Waals surface area contributed by atoms with Crippen molar-refractivity contribution in [3.63, 3.8) is 0 Å². The third-order valence-corrected chi connectivity index (χ3v) is 4.42. The molecule has 0 bridgehead atoms. The fourth-order valence-corrected chi connectivity index (χ4v) is 2.27. The van der Waals surface area contributed by atoms with Crippen molar-refractivity contribution in [1.29, 1.82) is 0 Å². The third kappa shape index (κ3) is 4.94. The molecule has 152 valence electrons. The second-order valence-electron chi connectivity index (χ2n) is 7.02. The van der Waals surface area contributed by atoms with Crippen LogP contribution in [0.4, 0.5) is 8.78 Å². The average molecular weight is 388 g/mol. The fraction of sp³-hybridized carbons (Fsp3) is 0.579. The maximum atomic E-state index is 14.1. The Hall–Kier alpha value is -2.22. The number of methoxy groups -OCH3 is 1. The van der Waals surface area contributed by atoms with E-state index in [1.165, 1.54) is 45.2 Å². The first kappa shape index (κ1) is 22.8.